The van der Waals surface area contributed by atoms with E-state index < -0.39 is 0 Å². The maximum absolute atomic E-state index is 7.57. The Morgan fingerprint density at radius 1 is 1.38 bits per heavy atom. The zero-order valence-electron chi connectivity index (χ0n) is 6.44. The molecule has 0 fully saturated rings. The summed E-state index contributed by atoms with van der Waals surface area (Å²) in [6.45, 7) is 5.93. The van der Waals surface area contributed by atoms with Gasteiger partial charge in [0.05, 0.1) is 0 Å². The van der Waals surface area contributed by atoms with Gasteiger partial charge >= 0.3 is 23.1 Å². The predicted molar refractivity (Wildman–Crippen MR) is 40.6 cm³/mol. The van der Waals surface area contributed by atoms with E-state index in [9.17, 15) is 0 Å². The first-order valence-electron chi connectivity index (χ1n) is 2.18. The molecule has 0 atom stereocenters. The zero-order chi connectivity index (χ0) is 5.41. The van der Waals surface area contributed by atoms with Gasteiger partial charge in [-0.25, -0.2) is 0 Å². The minimum absolute atomic E-state index is 0. The fraction of sp³-hybridized carbons (Fsp3) is 0.667. The molecule has 0 spiro atoms. The molecule has 0 unspecified atom stereocenters. The van der Waals surface area contributed by atoms with E-state index in [-0.39, 0.29) is 37.1 Å². The summed E-state index contributed by atoms with van der Waals surface area (Å²) in [6, 6.07) is 0. The van der Waals surface area contributed by atoms with Gasteiger partial charge in [-0.05, 0) is 6.92 Å². The molecule has 48 valence electrons. The largest absolute Gasteiger partial charge is 2.00 e. The molecule has 8 heavy (non-hydrogen) atoms. The second-order valence-corrected chi connectivity index (χ2v) is 0.894. The smallest absolute Gasteiger partial charge is 0.397 e. The van der Waals surface area contributed by atoms with Crippen molar-refractivity contribution in [2.75, 3.05) is 6.61 Å². The van der Waals surface area contributed by atoms with Crippen LogP contribution in [0, 0.1) is 13.8 Å². The van der Waals surface area contributed by atoms with E-state index in [1.807, 2.05) is 20.3 Å². The minimum Gasteiger partial charge on any atom is -0.397 e. The van der Waals surface area contributed by atoms with Crippen LogP contribution in [0.5, 0.6) is 0 Å². The summed E-state index contributed by atoms with van der Waals surface area (Å²) < 4.78 is 0. The third-order valence-corrected chi connectivity index (χ3v) is 0. The molecule has 0 radical (unpaired) electrons. The van der Waals surface area contributed by atoms with Crippen LogP contribution in [0.25, 0.3) is 0 Å². The van der Waals surface area contributed by atoms with E-state index in [1.54, 1.807) is 6.92 Å². The van der Waals surface area contributed by atoms with Gasteiger partial charge in [-0.3, -0.25) is 0 Å². The van der Waals surface area contributed by atoms with Crippen molar-refractivity contribution < 1.29 is 5.11 Å². The first kappa shape index (κ1) is 23.3. The van der Waals surface area contributed by atoms with Crippen LogP contribution in [-0.4, -0.2) is 34.8 Å². The van der Waals surface area contributed by atoms with Crippen molar-refractivity contribution in [1.82, 2.24) is 0 Å². The number of aliphatic hydroxyl groups excluding tert-OH is 1. The summed E-state index contributed by atoms with van der Waals surface area (Å²) in [5, 5.41) is 7.57. The van der Waals surface area contributed by atoms with E-state index >= 15 is 0 Å². The molecular formula is C6H16MgO. The summed E-state index contributed by atoms with van der Waals surface area (Å²) in [5.41, 5.74) is 0. The molecule has 0 bridgehead atoms. The van der Waals surface area contributed by atoms with Crippen molar-refractivity contribution in [3.8, 4) is 0 Å². The fourth-order valence-electron chi connectivity index (χ4n) is 0. The third kappa shape index (κ3) is 418. The van der Waals surface area contributed by atoms with Crippen molar-refractivity contribution in [3.63, 3.8) is 0 Å². The summed E-state index contributed by atoms with van der Waals surface area (Å²) in [5.74, 6) is 0. The predicted octanol–water partition coefficient (Wildman–Crippen LogP) is 1.30. The van der Waals surface area contributed by atoms with Gasteiger partial charge in [-0.15, -0.1) is 0 Å². The zero-order valence-corrected chi connectivity index (χ0v) is 7.85. The number of hydrogen-bond acceptors (Lipinski definition) is 1. The normalized spacial score (nSPS) is 4.50. The molecule has 0 aliphatic heterocycles. The summed E-state index contributed by atoms with van der Waals surface area (Å²) >= 11 is 0. The Hall–Kier alpha value is 0.726. The molecule has 0 aromatic heterocycles. The van der Waals surface area contributed by atoms with Crippen molar-refractivity contribution >= 4 is 23.1 Å². The maximum Gasteiger partial charge on any atom is 2.00 e. The Morgan fingerprint density at radius 2 is 1.38 bits per heavy atom. The quantitative estimate of drug-likeness (QED) is 0.385. The number of hydrogen-bond donors (Lipinski definition) is 1. The summed E-state index contributed by atoms with van der Waals surface area (Å²) in [6.07, 6.45) is 2.00. The van der Waals surface area contributed by atoms with Gasteiger partial charge in [0.1, 0.15) is 0 Å². The van der Waals surface area contributed by atoms with Crippen LogP contribution >= 0.6 is 0 Å². The van der Waals surface area contributed by atoms with Gasteiger partial charge in [0.2, 0.25) is 0 Å². The molecule has 0 amide bonds. The molecule has 2 heteroatoms. The second-order valence-electron chi connectivity index (χ2n) is 0.894. The van der Waals surface area contributed by atoms with Gasteiger partial charge in [0, 0.05) is 6.61 Å². The Balaban J connectivity index is -0.0000000160. The van der Waals surface area contributed by atoms with E-state index in [2.05, 4.69) is 0 Å². The van der Waals surface area contributed by atoms with Crippen LogP contribution in [0.15, 0.2) is 0 Å². The molecule has 0 saturated heterocycles. The third-order valence-electron chi connectivity index (χ3n) is 0. The fourth-order valence-corrected chi connectivity index (χ4v) is 0. The molecule has 1 nitrogen and oxygen atoms in total. The molecule has 0 rings (SSSR count). The average Bonchev–Trinajstić information content (AvgIpc) is 1.39. The number of aliphatic hydroxyl groups is 1. The van der Waals surface area contributed by atoms with Gasteiger partial charge in [-0.2, -0.15) is 13.8 Å². The molecule has 0 saturated carbocycles. The van der Waals surface area contributed by atoms with Gasteiger partial charge in [0.15, 0.2) is 0 Å². The van der Waals surface area contributed by atoms with E-state index in [0.717, 1.165) is 0 Å². The maximum atomic E-state index is 7.57. The van der Waals surface area contributed by atoms with Gasteiger partial charge in [0.25, 0.3) is 0 Å². The number of rotatable bonds is 0. The van der Waals surface area contributed by atoms with Crippen LogP contribution in [0.1, 0.15) is 20.8 Å². The SMILES string of the molecule is CCO.C[CH-]C.[CH3-].[Mg+2]. The Morgan fingerprint density at radius 3 is 1.38 bits per heavy atom. The monoisotopic (exact) mass is 128 g/mol. The molecule has 0 aliphatic carbocycles. The van der Waals surface area contributed by atoms with Crippen LogP contribution in [0.3, 0.4) is 0 Å². The minimum atomic E-state index is 0. The van der Waals surface area contributed by atoms with Crippen LogP contribution in [0.4, 0.5) is 0 Å². The molecule has 0 heterocycles. The van der Waals surface area contributed by atoms with E-state index in [4.69, 9.17) is 5.11 Å². The van der Waals surface area contributed by atoms with E-state index in [0.29, 0.717) is 0 Å². The average molecular weight is 128 g/mol. The summed E-state index contributed by atoms with van der Waals surface area (Å²) in [4.78, 5) is 0. The van der Waals surface area contributed by atoms with Crippen LogP contribution < -0.4 is 0 Å². The van der Waals surface area contributed by atoms with Crippen molar-refractivity contribution in [1.29, 1.82) is 0 Å². The van der Waals surface area contributed by atoms with Gasteiger partial charge < -0.3 is 19.0 Å². The van der Waals surface area contributed by atoms with Crippen molar-refractivity contribution in [3.05, 3.63) is 13.8 Å². The standard InChI is InChI=1S/C3H7.C2H6O.CH3.Mg/c1-3-2;1-2-3;;/h3H,1-2H3;3H,2H2,1H3;1H3;/q-1;;-1;+2. The van der Waals surface area contributed by atoms with Crippen LogP contribution in [0.2, 0.25) is 0 Å². The first-order chi connectivity index (χ1) is 2.83. The van der Waals surface area contributed by atoms with Gasteiger partial charge in [-0.1, -0.05) is 0 Å². The molecule has 0 aromatic rings. The van der Waals surface area contributed by atoms with E-state index in [1.165, 1.54) is 0 Å². The second kappa shape index (κ2) is 47.0. The van der Waals surface area contributed by atoms with Crippen molar-refractivity contribution in [2.45, 2.75) is 20.8 Å². The Bertz CT molecular complexity index is 10.5. The molecular weight excluding hydrogens is 112 g/mol. The Kier molecular flexibility index (Phi) is 137. The van der Waals surface area contributed by atoms with Crippen molar-refractivity contribution in [2.24, 2.45) is 0 Å². The topological polar surface area (TPSA) is 20.2 Å². The van der Waals surface area contributed by atoms with Crippen LogP contribution in [-0.2, 0) is 0 Å². The molecule has 1 N–H and O–H groups in total. The Labute approximate surface area is 69.6 Å². The summed E-state index contributed by atoms with van der Waals surface area (Å²) in [7, 11) is 0. The molecule has 0 aromatic carbocycles. The first-order valence-corrected chi connectivity index (χ1v) is 2.18. The molecule has 0 aliphatic rings.